The average molecular weight is 375 g/mol. The normalized spacial score (nSPS) is 19.8. The first-order valence-corrected chi connectivity index (χ1v) is 9.04. The maximum atomic E-state index is 12.1. The molecule has 2 heterocycles. The van der Waals surface area contributed by atoms with Crippen LogP contribution in [-0.4, -0.2) is 62.6 Å². The number of hydrogen-bond donors (Lipinski definition) is 3. The molecule has 2 aliphatic heterocycles. The third kappa shape index (κ3) is 4.68. The molecular weight excluding hydrogens is 350 g/mol. The first kappa shape index (κ1) is 19.0. The molecule has 146 valence electrons. The highest BCUT2D eigenvalue weighted by Gasteiger charge is 2.24. The number of likely N-dealkylation sites (N-methyl/N-ethyl adjacent to an activating group) is 1. The standard InChI is InChI=1S/C18H25N5O4/c1-22-14-9-13(4-5-15(14)27-11-16(22)24)21-18(26)20-6-8-23-7-2-3-12(10-23)17(19)25/h4-5,9,12H,2-3,6-8,10-11H2,1H3,(H2,19,25)(H2,20,21,26). The van der Waals surface area contributed by atoms with Crippen molar-refractivity contribution in [1.29, 1.82) is 0 Å². The van der Waals surface area contributed by atoms with Crippen molar-refractivity contribution in [3.8, 4) is 5.75 Å². The zero-order valence-corrected chi connectivity index (χ0v) is 15.4. The number of carbonyl (C=O) groups is 3. The number of nitrogens with zero attached hydrogens (tertiary/aromatic N) is 2. The van der Waals surface area contributed by atoms with E-state index < -0.39 is 0 Å². The Morgan fingerprint density at radius 2 is 2.19 bits per heavy atom. The topological polar surface area (TPSA) is 117 Å². The molecule has 0 aliphatic carbocycles. The largest absolute Gasteiger partial charge is 0.482 e. The second kappa shape index (κ2) is 8.26. The van der Waals surface area contributed by atoms with Crippen LogP contribution in [0.3, 0.4) is 0 Å². The maximum Gasteiger partial charge on any atom is 0.319 e. The van der Waals surface area contributed by atoms with Crippen LogP contribution in [0, 0.1) is 5.92 Å². The third-order valence-corrected chi connectivity index (χ3v) is 4.92. The molecule has 4 N–H and O–H groups in total. The summed E-state index contributed by atoms with van der Waals surface area (Å²) in [5.41, 5.74) is 6.57. The molecule has 4 amide bonds. The lowest BCUT2D eigenvalue weighted by molar-refractivity contribution is -0.123. The van der Waals surface area contributed by atoms with E-state index >= 15 is 0 Å². The number of primary amides is 1. The molecule has 2 aliphatic rings. The number of benzene rings is 1. The van der Waals surface area contributed by atoms with Crippen LogP contribution in [0.1, 0.15) is 12.8 Å². The van der Waals surface area contributed by atoms with Crippen molar-refractivity contribution in [2.24, 2.45) is 11.7 Å². The Morgan fingerprint density at radius 3 is 2.96 bits per heavy atom. The molecule has 0 bridgehead atoms. The van der Waals surface area contributed by atoms with Gasteiger partial charge in [-0.15, -0.1) is 0 Å². The number of amides is 4. The van der Waals surface area contributed by atoms with E-state index in [4.69, 9.17) is 10.5 Å². The molecule has 9 heteroatoms. The van der Waals surface area contributed by atoms with Gasteiger partial charge in [-0.1, -0.05) is 0 Å². The summed E-state index contributed by atoms with van der Waals surface area (Å²) in [5.74, 6) is 0.104. The van der Waals surface area contributed by atoms with E-state index in [1.165, 1.54) is 4.90 Å². The van der Waals surface area contributed by atoms with Crippen LogP contribution in [0.2, 0.25) is 0 Å². The summed E-state index contributed by atoms with van der Waals surface area (Å²) in [5, 5.41) is 5.56. The molecule has 0 spiro atoms. The minimum Gasteiger partial charge on any atom is -0.482 e. The van der Waals surface area contributed by atoms with Crippen LogP contribution in [0.25, 0.3) is 0 Å². The molecule has 1 atom stereocenters. The summed E-state index contributed by atoms with van der Waals surface area (Å²) in [6.45, 7) is 2.68. The Bertz CT molecular complexity index is 738. The summed E-state index contributed by atoms with van der Waals surface area (Å²) in [6.07, 6.45) is 1.77. The lowest BCUT2D eigenvalue weighted by Crippen LogP contribution is -2.44. The maximum absolute atomic E-state index is 12.1. The monoisotopic (exact) mass is 375 g/mol. The number of fused-ring (bicyclic) bond motifs is 1. The van der Waals surface area contributed by atoms with E-state index in [-0.39, 0.29) is 30.4 Å². The molecule has 3 rings (SSSR count). The van der Waals surface area contributed by atoms with Crippen LogP contribution >= 0.6 is 0 Å². The van der Waals surface area contributed by atoms with Crippen LogP contribution < -0.4 is 26.0 Å². The lowest BCUT2D eigenvalue weighted by Gasteiger charge is -2.31. The second-order valence-electron chi connectivity index (χ2n) is 6.85. The quantitative estimate of drug-likeness (QED) is 0.687. The van der Waals surface area contributed by atoms with Crippen molar-refractivity contribution in [2.45, 2.75) is 12.8 Å². The Balaban J connectivity index is 1.47. The van der Waals surface area contributed by atoms with Gasteiger partial charge in [-0.2, -0.15) is 0 Å². The van der Waals surface area contributed by atoms with Gasteiger partial charge in [0.2, 0.25) is 5.91 Å². The number of urea groups is 1. The van der Waals surface area contributed by atoms with Gasteiger partial charge in [-0.05, 0) is 37.6 Å². The highest BCUT2D eigenvalue weighted by Crippen LogP contribution is 2.33. The molecule has 1 saturated heterocycles. The van der Waals surface area contributed by atoms with E-state index in [1.54, 1.807) is 25.2 Å². The van der Waals surface area contributed by atoms with Gasteiger partial charge in [0.25, 0.3) is 5.91 Å². The first-order chi connectivity index (χ1) is 12.9. The van der Waals surface area contributed by atoms with Crippen LogP contribution in [0.15, 0.2) is 18.2 Å². The Labute approximate surface area is 157 Å². The highest BCUT2D eigenvalue weighted by atomic mass is 16.5. The van der Waals surface area contributed by atoms with Crippen molar-refractivity contribution in [1.82, 2.24) is 10.2 Å². The number of rotatable bonds is 5. The minimum atomic E-state index is -0.330. The Morgan fingerprint density at radius 1 is 1.37 bits per heavy atom. The molecule has 1 unspecified atom stereocenters. The number of nitrogens with two attached hydrogens (primary N) is 1. The zero-order valence-electron chi connectivity index (χ0n) is 15.4. The predicted molar refractivity (Wildman–Crippen MR) is 101 cm³/mol. The van der Waals surface area contributed by atoms with Crippen molar-refractivity contribution in [3.63, 3.8) is 0 Å². The fourth-order valence-electron chi connectivity index (χ4n) is 3.34. The minimum absolute atomic E-state index is 0.0177. The number of nitrogens with one attached hydrogen (secondary N) is 2. The van der Waals surface area contributed by atoms with Gasteiger partial charge in [0.05, 0.1) is 11.6 Å². The van der Waals surface area contributed by atoms with Crippen molar-refractivity contribution in [3.05, 3.63) is 18.2 Å². The summed E-state index contributed by atoms with van der Waals surface area (Å²) in [4.78, 5) is 38.8. The van der Waals surface area contributed by atoms with Crippen molar-refractivity contribution >= 4 is 29.2 Å². The van der Waals surface area contributed by atoms with E-state index in [9.17, 15) is 14.4 Å². The SMILES string of the molecule is CN1C(=O)COc2ccc(NC(=O)NCCN3CCCC(C(N)=O)C3)cc21. The van der Waals surface area contributed by atoms with Crippen LogP contribution in [-0.2, 0) is 9.59 Å². The highest BCUT2D eigenvalue weighted by molar-refractivity contribution is 5.99. The predicted octanol–water partition coefficient (Wildman–Crippen LogP) is 0.361. The van der Waals surface area contributed by atoms with Crippen LogP contribution in [0.5, 0.6) is 5.75 Å². The molecular formula is C18H25N5O4. The summed E-state index contributed by atoms with van der Waals surface area (Å²) in [7, 11) is 1.67. The molecule has 1 aromatic carbocycles. The third-order valence-electron chi connectivity index (χ3n) is 4.92. The summed E-state index contributed by atoms with van der Waals surface area (Å²) in [6, 6.07) is 4.83. The van der Waals surface area contributed by atoms with E-state index in [1.807, 2.05) is 0 Å². The summed E-state index contributed by atoms with van der Waals surface area (Å²) >= 11 is 0. The van der Waals surface area contributed by atoms with Gasteiger partial charge in [0.15, 0.2) is 6.61 Å². The molecule has 1 aromatic rings. The van der Waals surface area contributed by atoms with Crippen molar-refractivity contribution < 1.29 is 19.1 Å². The lowest BCUT2D eigenvalue weighted by atomic mass is 9.97. The van der Waals surface area contributed by atoms with Gasteiger partial charge < -0.3 is 30.9 Å². The van der Waals surface area contributed by atoms with E-state index in [2.05, 4.69) is 15.5 Å². The number of carbonyl (C=O) groups excluding carboxylic acids is 3. The fraction of sp³-hybridized carbons (Fsp3) is 0.500. The molecule has 0 aromatic heterocycles. The van der Waals surface area contributed by atoms with Gasteiger partial charge in [0.1, 0.15) is 5.75 Å². The zero-order chi connectivity index (χ0) is 19.4. The van der Waals surface area contributed by atoms with Gasteiger partial charge in [-0.3, -0.25) is 9.59 Å². The number of piperidine rings is 1. The van der Waals surface area contributed by atoms with E-state index in [0.29, 0.717) is 36.8 Å². The number of anilines is 2. The molecule has 0 radical (unpaired) electrons. The van der Waals surface area contributed by atoms with Gasteiger partial charge >= 0.3 is 6.03 Å². The second-order valence-corrected chi connectivity index (χ2v) is 6.85. The first-order valence-electron chi connectivity index (χ1n) is 9.04. The molecule has 9 nitrogen and oxygen atoms in total. The van der Waals surface area contributed by atoms with Gasteiger partial charge in [0, 0.05) is 32.4 Å². The summed E-state index contributed by atoms with van der Waals surface area (Å²) < 4.78 is 5.37. The smallest absolute Gasteiger partial charge is 0.319 e. The Hall–Kier alpha value is -2.81. The van der Waals surface area contributed by atoms with Gasteiger partial charge in [-0.25, -0.2) is 4.79 Å². The van der Waals surface area contributed by atoms with Crippen molar-refractivity contribution in [2.75, 3.05) is 50.1 Å². The van der Waals surface area contributed by atoms with E-state index in [0.717, 1.165) is 19.4 Å². The average Bonchev–Trinajstić information content (AvgIpc) is 2.65. The van der Waals surface area contributed by atoms with Crippen LogP contribution in [0.4, 0.5) is 16.2 Å². The molecule has 0 saturated carbocycles. The number of hydrogen-bond acceptors (Lipinski definition) is 5. The number of likely N-dealkylation sites (tertiary alicyclic amines) is 1. The number of ether oxygens (including phenoxy) is 1. The molecule has 27 heavy (non-hydrogen) atoms. The molecule has 1 fully saturated rings. The Kier molecular flexibility index (Phi) is 5.80. The fourth-order valence-corrected chi connectivity index (χ4v) is 3.34.